The summed E-state index contributed by atoms with van der Waals surface area (Å²) < 4.78 is 10.8. The highest BCUT2D eigenvalue weighted by molar-refractivity contribution is 5.70. The van der Waals surface area contributed by atoms with Crippen LogP contribution in [0.5, 0.6) is 0 Å². The Morgan fingerprint density at radius 2 is 0.489 bits per heavy atom. The molecule has 0 aromatic carbocycles. The largest absolute Gasteiger partial charge is 0.462 e. The van der Waals surface area contributed by atoms with Crippen molar-refractivity contribution in [3.63, 3.8) is 0 Å². The summed E-state index contributed by atoms with van der Waals surface area (Å²) in [5.41, 5.74) is 0. The minimum absolute atomic E-state index is 0.0684. The molecule has 0 aromatic heterocycles. The van der Waals surface area contributed by atoms with E-state index in [2.05, 4.69) is 123 Å². The van der Waals surface area contributed by atoms with E-state index in [0.717, 1.165) is 89.9 Å². The van der Waals surface area contributed by atoms with Crippen LogP contribution in [0.15, 0.2) is 109 Å². The first-order valence-electron chi connectivity index (χ1n) is 38.4. The van der Waals surface area contributed by atoms with Gasteiger partial charge in [-0.2, -0.15) is 0 Å². The van der Waals surface area contributed by atoms with Crippen molar-refractivity contribution in [3.05, 3.63) is 109 Å². The molecule has 5 heteroatoms. The number of carbonyl (C=O) groups is 2. The Balaban J connectivity index is 3.44. The third-order valence-electron chi connectivity index (χ3n) is 17.1. The lowest BCUT2D eigenvalue weighted by Gasteiger charge is -2.15. The maximum absolute atomic E-state index is 12.4. The van der Waals surface area contributed by atoms with Crippen molar-refractivity contribution in [1.82, 2.24) is 0 Å². The van der Waals surface area contributed by atoms with Crippen LogP contribution in [0.3, 0.4) is 0 Å². The molecular weight excluding hydrogens is 1080 g/mol. The summed E-state index contributed by atoms with van der Waals surface area (Å²) in [6.45, 7) is 4.06. The van der Waals surface area contributed by atoms with Gasteiger partial charge in [-0.05, 0) is 103 Å². The Bertz CT molecular complexity index is 1670. The minimum Gasteiger partial charge on any atom is -0.462 e. The number of carbonyl (C=O) groups excluding carboxylic acids is 2. The molecular formula is C83H146O5. The molecule has 0 saturated carbocycles. The average Bonchev–Trinajstić information content (AvgIpc) is 3.54. The summed E-state index contributed by atoms with van der Waals surface area (Å²) in [7, 11) is 0. The van der Waals surface area contributed by atoms with E-state index >= 15 is 0 Å². The number of ether oxygens (including phenoxy) is 2. The lowest BCUT2D eigenvalue weighted by atomic mass is 10.0. The predicted molar refractivity (Wildman–Crippen MR) is 389 cm³/mol. The molecule has 0 amide bonds. The molecule has 0 bridgehead atoms. The number of allylic oxidation sites excluding steroid dienone is 18. The van der Waals surface area contributed by atoms with Crippen LogP contribution in [0.4, 0.5) is 0 Å². The summed E-state index contributed by atoms with van der Waals surface area (Å²) in [6.07, 6.45) is 113. The molecule has 0 spiro atoms. The molecule has 1 atom stereocenters. The van der Waals surface area contributed by atoms with Gasteiger partial charge in [-0.15, -0.1) is 0 Å². The molecule has 88 heavy (non-hydrogen) atoms. The zero-order valence-corrected chi connectivity index (χ0v) is 58.5. The summed E-state index contributed by atoms with van der Waals surface area (Å²) in [5, 5.41) is 9.72. The minimum atomic E-state index is -0.781. The monoisotopic (exact) mass is 1220 g/mol. The van der Waals surface area contributed by atoms with E-state index < -0.39 is 6.10 Å². The van der Waals surface area contributed by atoms with E-state index in [4.69, 9.17) is 9.47 Å². The number of aliphatic hydroxyl groups excluding tert-OH is 1. The predicted octanol–water partition coefficient (Wildman–Crippen LogP) is 27.1. The van der Waals surface area contributed by atoms with Gasteiger partial charge in [0.15, 0.2) is 6.10 Å². The smallest absolute Gasteiger partial charge is 0.306 e. The zero-order valence-electron chi connectivity index (χ0n) is 58.5. The van der Waals surface area contributed by atoms with Gasteiger partial charge in [-0.3, -0.25) is 9.59 Å². The Labute approximate surface area is 548 Å². The number of hydrogen-bond acceptors (Lipinski definition) is 5. The van der Waals surface area contributed by atoms with E-state index in [1.54, 1.807) is 0 Å². The first kappa shape index (κ1) is 84.6. The van der Waals surface area contributed by atoms with Crippen molar-refractivity contribution in [2.75, 3.05) is 13.2 Å². The third-order valence-corrected chi connectivity index (χ3v) is 17.1. The van der Waals surface area contributed by atoms with E-state index in [-0.39, 0.29) is 25.2 Å². The van der Waals surface area contributed by atoms with Crippen LogP contribution in [-0.2, 0) is 19.1 Å². The van der Waals surface area contributed by atoms with E-state index in [1.807, 2.05) is 0 Å². The quantitative estimate of drug-likeness (QED) is 0.0373. The van der Waals surface area contributed by atoms with Gasteiger partial charge in [-0.25, -0.2) is 0 Å². The molecule has 0 aromatic rings. The van der Waals surface area contributed by atoms with Crippen molar-refractivity contribution >= 4 is 11.9 Å². The Kier molecular flexibility index (Phi) is 74.8. The second-order valence-corrected chi connectivity index (χ2v) is 25.7. The normalized spacial score (nSPS) is 12.8. The Morgan fingerprint density at radius 3 is 0.750 bits per heavy atom. The highest BCUT2D eigenvalue weighted by atomic mass is 16.6. The fraction of sp³-hybridized carbons (Fsp3) is 0.759. The molecule has 0 rings (SSSR count). The lowest BCUT2D eigenvalue weighted by molar-refractivity contribution is -0.161. The fourth-order valence-electron chi connectivity index (χ4n) is 11.3. The van der Waals surface area contributed by atoms with Crippen LogP contribution < -0.4 is 0 Å². The molecule has 0 aliphatic carbocycles. The number of hydrogen-bond donors (Lipinski definition) is 1. The third kappa shape index (κ3) is 75.0. The summed E-state index contributed by atoms with van der Waals surface area (Å²) in [4.78, 5) is 24.7. The maximum Gasteiger partial charge on any atom is 0.306 e. The zero-order chi connectivity index (χ0) is 63.3. The van der Waals surface area contributed by atoms with Crippen LogP contribution in [0.1, 0.15) is 386 Å². The molecule has 0 saturated heterocycles. The van der Waals surface area contributed by atoms with Crippen molar-refractivity contribution < 1.29 is 24.2 Å². The van der Waals surface area contributed by atoms with E-state index in [9.17, 15) is 14.7 Å². The van der Waals surface area contributed by atoms with Gasteiger partial charge in [0.05, 0.1) is 6.61 Å². The Morgan fingerprint density at radius 1 is 0.273 bits per heavy atom. The van der Waals surface area contributed by atoms with Crippen LogP contribution in [0.2, 0.25) is 0 Å². The van der Waals surface area contributed by atoms with Crippen molar-refractivity contribution in [1.29, 1.82) is 0 Å². The van der Waals surface area contributed by atoms with E-state index in [1.165, 1.54) is 270 Å². The number of unbranched alkanes of at least 4 members (excludes halogenated alkanes) is 45. The highest BCUT2D eigenvalue weighted by Crippen LogP contribution is 2.19. The van der Waals surface area contributed by atoms with Crippen molar-refractivity contribution in [2.45, 2.75) is 392 Å². The molecule has 0 radical (unpaired) electrons. The summed E-state index contributed by atoms with van der Waals surface area (Å²) in [5.74, 6) is -0.584. The molecule has 5 nitrogen and oxygen atoms in total. The highest BCUT2D eigenvalue weighted by Gasteiger charge is 2.16. The standard InChI is InChI=1S/C83H146O5/c1-3-5-7-9-11-13-15-17-19-21-23-25-27-29-31-33-35-37-39-40-41-42-44-45-47-49-51-53-55-57-59-61-63-65-67-69-71-73-75-77-82(85)87-80-81(79-84)88-83(86)78-76-74-72-70-68-66-64-62-60-58-56-54-52-50-48-46-43-38-36-34-32-30-28-26-24-22-20-18-16-14-12-10-8-6-4-2/h6,8,12,14,18,20-21,23-24,26,30,32,36,38,46,48,52,54,81,84H,3-5,7,9-11,13,15-17,19,22,25,27-29,31,33-35,37,39-45,47,49-51,53,55-80H2,1-2H3/b8-6-,14-12-,20-18-,23-21-,26-24-,32-30-,38-36-,48-46-,54-52-. The lowest BCUT2D eigenvalue weighted by Crippen LogP contribution is -2.28. The molecule has 0 fully saturated rings. The second-order valence-electron chi connectivity index (χ2n) is 25.7. The molecule has 0 heterocycles. The average molecular weight is 1220 g/mol. The first-order chi connectivity index (χ1) is 43.6. The van der Waals surface area contributed by atoms with Crippen LogP contribution in [0, 0.1) is 0 Å². The molecule has 1 N–H and O–H groups in total. The van der Waals surface area contributed by atoms with Crippen molar-refractivity contribution in [3.8, 4) is 0 Å². The van der Waals surface area contributed by atoms with Gasteiger partial charge in [0, 0.05) is 12.8 Å². The fourth-order valence-corrected chi connectivity index (χ4v) is 11.3. The molecule has 508 valence electrons. The van der Waals surface area contributed by atoms with Gasteiger partial charge in [0.2, 0.25) is 0 Å². The van der Waals surface area contributed by atoms with Gasteiger partial charge >= 0.3 is 11.9 Å². The van der Waals surface area contributed by atoms with Crippen molar-refractivity contribution in [2.24, 2.45) is 0 Å². The Hall–Kier alpha value is -3.44. The van der Waals surface area contributed by atoms with E-state index in [0.29, 0.717) is 12.8 Å². The molecule has 1 unspecified atom stereocenters. The van der Waals surface area contributed by atoms with Gasteiger partial charge in [-0.1, -0.05) is 380 Å². The molecule has 0 aliphatic rings. The SMILES string of the molecule is CC/C=C\C/C=C\C/C=C\C/C=C\C/C=C\C/C=C\C/C=C\C/C=C\CCCCCCCCCCCCC(=O)OC(CO)COC(=O)CCCCCCCCCCCCCCCCCCCCCCCCCCCCC/C=C\CCCCCCCCCC. The summed E-state index contributed by atoms with van der Waals surface area (Å²) >= 11 is 0. The van der Waals surface area contributed by atoms with Crippen LogP contribution in [-0.4, -0.2) is 36.4 Å². The van der Waals surface area contributed by atoms with Gasteiger partial charge in [0.1, 0.15) is 6.61 Å². The van der Waals surface area contributed by atoms with Crippen LogP contribution in [0.25, 0.3) is 0 Å². The number of esters is 2. The number of rotatable bonds is 71. The van der Waals surface area contributed by atoms with Crippen LogP contribution >= 0.6 is 0 Å². The molecule has 0 aliphatic heterocycles. The maximum atomic E-state index is 12.4. The number of aliphatic hydroxyl groups is 1. The van der Waals surface area contributed by atoms with Gasteiger partial charge < -0.3 is 14.6 Å². The van der Waals surface area contributed by atoms with Gasteiger partial charge in [0.25, 0.3) is 0 Å². The first-order valence-corrected chi connectivity index (χ1v) is 38.4. The summed E-state index contributed by atoms with van der Waals surface area (Å²) in [6, 6.07) is 0. The topological polar surface area (TPSA) is 72.8 Å². The second kappa shape index (κ2) is 77.8.